The number of anilines is 3. The van der Waals surface area contributed by atoms with Gasteiger partial charge in [0.15, 0.2) is 9.84 Å². The molecule has 3 aromatic rings. The number of rotatable bonds is 6. The molecule has 4 heterocycles. The van der Waals surface area contributed by atoms with E-state index in [1.54, 1.807) is 12.3 Å². The Labute approximate surface area is 201 Å². The fourth-order valence-electron chi connectivity index (χ4n) is 5.25. The second-order valence-electron chi connectivity index (χ2n) is 9.74. The van der Waals surface area contributed by atoms with Crippen LogP contribution < -0.4 is 10.2 Å². The minimum atomic E-state index is -3.37. The molecule has 1 saturated heterocycles. The van der Waals surface area contributed by atoms with Crippen LogP contribution in [0, 0.1) is 0 Å². The maximum atomic E-state index is 12.5. The molecule has 0 radical (unpaired) electrons. The van der Waals surface area contributed by atoms with Crippen molar-refractivity contribution in [2.75, 3.05) is 43.7 Å². The minimum Gasteiger partial charge on any atom is -0.370 e. The Morgan fingerprint density at radius 1 is 1.03 bits per heavy atom. The number of sulfone groups is 1. The van der Waals surface area contributed by atoms with E-state index < -0.39 is 9.84 Å². The van der Waals surface area contributed by atoms with Gasteiger partial charge in [-0.3, -0.25) is 0 Å². The van der Waals surface area contributed by atoms with Crippen LogP contribution in [-0.4, -0.2) is 72.3 Å². The van der Waals surface area contributed by atoms with E-state index in [1.165, 1.54) is 6.26 Å². The zero-order chi connectivity index (χ0) is 23.9. The van der Waals surface area contributed by atoms with Crippen LogP contribution in [0.5, 0.6) is 0 Å². The van der Waals surface area contributed by atoms with E-state index in [9.17, 15) is 8.42 Å². The summed E-state index contributed by atoms with van der Waals surface area (Å²) in [6, 6.07) is 6.51. The Bertz CT molecular complexity index is 1260. The molecule has 0 spiro atoms. The van der Waals surface area contributed by atoms with Gasteiger partial charge in [0.1, 0.15) is 16.5 Å². The SMILES string of the molecule is CN(C)C1CCN(c2ccc(Nc3ncc4cc(S(C)(=O)=O)n(C5CCCC5)c4n3)nc2)CC1. The first-order valence-electron chi connectivity index (χ1n) is 12.0. The normalized spacial score (nSPS) is 18.3. The van der Waals surface area contributed by atoms with Crippen LogP contribution in [0.1, 0.15) is 44.6 Å². The van der Waals surface area contributed by atoms with Crippen molar-refractivity contribution in [3.05, 3.63) is 30.6 Å². The number of nitrogens with zero attached hydrogens (tertiary/aromatic N) is 6. The van der Waals surface area contributed by atoms with Gasteiger partial charge in [0, 0.05) is 43.0 Å². The van der Waals surface area contributed by atoms with Crippen molar-refractivity contribution in [1.29, 1.82) is 0 Å². The number of nitrogens with one attached hydrogen (secondary N) is 1. The highest BCUT2D eigenvalue weighted by atomic mass is 32.2. The maximum absolute atomic E-state index is 12.5. The molecular weight excluding hydrogens is 450 g/mol. The fourth-order valence-corrected chi connectivity index (χ4v) is 6.18. The molecule has 0 unspecified atom stereocenters. The summed E-state index contributed by atoms with van der Waals surface area (Å²) in [4.78, 5) is 18.4. The van der Waals surface area contributed by atoms with Crippen LogP contribution in [0.25, 0.3) is 11.0 Å². The highest BCUT2D eigenvalue weighted by molar-refractivity contribution is 7.90. The first kappa shape index (κ1) is 23.0. The average Bonchev–Trinajstić information content (AvgIpc) is 3.47. The van der Waals surface area contributed by atoms with Gasteiger partial charge in [0.05, 0.1) is 11.9 Å². The molecule has 182 valence electrons. The molecule has 1 aliphatic heterocycles. The van der Waals surface area contributed by atoms with E-state index in [4.69, 9.17) is 4.98 Å². The maximum Gasteiger partial charge on any atom is 0.230 e. The lowest BCUT2D eigenvalue weighted by Crippen LogP contribution is -2.42. The number of aromatic nitrogens is 4. The number of hydrogen-bond acceptors (Lipinski definition) is 8. The summed E-state index contributed by atoms with van der Waals surface area (Å²) in [5.41, 5.74) is 1.78. The number of hydrogen-bond donors (Lipinski definition) is 1. The summed E-state index contributed by atoms with van der Waals surface area (Å²) in [6.07, 6.45) is 11.3. The number of pyridine rings is 1. The zero-order valence-corrected chi connectivity index (χ0v) is 20.9. The average molecular weight is 484 g/mol. The van der Waals surface area contributed by atoms with Crippen molar-refractivity contribution in [1.82, 2.24) is 24.4 Å². The van der Waals surface area contributed by atoms with Gasteiger partial charge in [-0.15, -0.1) is 0 Å². The van der Waals surface area contributed by atoms with E-state index in [2.05, 4.69) is 45.2 Å². The van der Waals surface area contributed by atoms with Crippen molar-refractivity contribution in [2.24, 2.45) is 0 Å². The molecule has 0 atom stereocenters. The smallest absolute Gasteiger partial charge is 0.230 e. The molecule has 0 amide bonds. The first-order chi connectivity index (χ1) is 16.3. The van der Waals surface area contributed by atoms with E-state index in [-0.39, 0.29) is 6.04 Å². The van der Waals surface area contributed by atoms with Gasteiger partial charge in [0.2, 0.25) is 5.95 Å². The highest BCUT2D eigenvalue weighted by Crippen LogP contribution is 2.36. The monoisotopic (exact) mass is 483 g/mol. The number of piperidine rings is 1. The lowest BCUT2D eigenvalue weighted by atomic mass is 10.0. The quantitative estimate of drug-likeness (QED) is 0.568. The topological polar surface area (TPSA) is 96.2 Å². The standard InChI is InChI=1S/C24H33N7O2S/c1-29(2)18-10-12-30(13-11-18)20-8-9-21(25-16-20)27-24-26-15-17-14-22(34(3,32)33)31(23(17)28-24)19-6-4-5-7-19/h8-9,14-16,18-19H,4-7,10-13H2,1-3H3,(H,25,26,27,28). The fraction of sp³-hybridized carbons (Fsp3) is 0.542. The van der Waals surface area contributed by atoms with E-state index in [1.807, 2.05) is 16.8 Å². The Morgan fingerprint density at radius 2 is 1.76 bits per heavy atom. The largest absolute Gasteiger partial charge is 0.370 e. The molecule has 2 fully saturated rings. The van der Waals surface area contributed by atoms with Crippen molar-refractivity contribution in [2.45, 2.75) is 55.6 Å². The molecule has 1 N–H and O–H groups in total. The summed E-state index contributed by atoms with van der Waals surface area (Å²) >= 11 is 0. The first-order valence-corrected chi connectivity index (χ1v) is 13.9. The van der Waals surface area contributed by atoms with Crippen LogP contribution in [0.3, 0.4) is 0 Å². The van der Waals surface area contributed by atoms with Crippen LogP contribution in [0.4, 0.5) is 17.5 Å². The van der Waals surface area contributed by atoms with E-state index >= 15 is 0 Å². The molecule has 34 heavy (non-hydrogen) atoms. The predicted octanol–water partition coefficient (Wildman–Crippen LogP) is 3.62. The molecule has 1 aliphatic carbocycles. The Kier molecular flexibility index (Phi) is 6.20. The van der Waals surface area contributed by atoms with E-state index in [0.717, 1.165) is 62.7 Å². The van der Waals surface area contributed by atoms with Crippen LogP contribution in [0.2, 0.25) is 0 Å². The lowest BCUT2D eigenvalue weighted by Gasteiger charge is -2.36. The second-order valence-corrected chi connectivity index (χ2v) is 11.7. The Balaban J connectivity index is 1.36. The third-order valence-electron chi connectivity index (χ3n) is 7.16. The summed E-state index contributed by atoms with van der Waals surface area (Å²) in [7, 11) is 0.921. The molecule has 1 saturated carbocycles. The van der Waals surface area contributed by atoms with Crippen molar-refractivity contribution < 1.29 is 8.42 Å². The molecule has 10 heteroatoms. The summed E-state index contributed by atoms with van der Waals surface area (Å²) in [5, 5.41) is 4.25. The van der Waals surface area contributed by atoms with Gasteiger partial charge in [-0.2, -0.15) is 4.98 Å². The molecule has 9 nitrogen and oxygen atoms in total. The van der Waals surface area contributed by atoms with Crippen LogP contribution >= 0.6 is 0 Å². The van der Waals surface area contributed by atoms with Gasteiger partial charge < -0.3 is 19.7 Å². The van der Waals surface area contributed by atoms with Gasteiger partial charge in [-0.25, -0.2) is 18.4 Å². The summed E-state index contributed by atoms with van der Waals surface area (Å²) in [5.74, 6) is 1.07. The molecule has 0 aromatic carbocycles. The van der Waals surface area contributed by atoms with Crippen molar-refractivity contribution >= 4 is 38.3 Å². The Morgan fingerprint density at radius 3 is 2.38 bits per heavy atom. The summed E-state index contributed by atoms with van der Waals surface area (Å²) < 4.78 is 26.8. The third kappa shape index (κ3) is 4.61. The van der Waals surface area contributed by atoms with Gasteiger partial charge in [-0.1, -0.05) is 12.8 Å². The lowest BCUT2D eigenvalue weighted by molar-refractivity contribution is 0.249. The molecule has 3 aromatic heterocycles. The van der Waals surface area contributed by atoms with E-state index in [0.29, 0.717) is 28.5 Å². The summed E-state index contributed by atoms with van der Waals surface area (Å²) in [6.45, 7) is 2.05. The third-order valence-corrected chi connectivity index (χ3v) is 8.23. The molecule has 5 rings (SSSR count). The van der Waals surface area contributed by atoms with Crippen LogP contribution in [-0.2, 0) is 9.84 Å². The van der Waals surface area contributed by atoms with Gasteiger partial charge in [0.25, 0.3) is 0 Å². The molecule has 2 aliphatic rings. The van der Waals surface area contributed by atoms with Gasteiger partial charge >= 0.3 is 0 Å². The highest BCUT2D eigenvalue weighted by Gasteiger charge is 2.27. The predicted molar refractivity (Wildman–Crippen MR) is 135 cm³/mol. The van der Waals surface area contributed by atoms with Crippen molar-refractivity contribution in [3.63, 3.8) is 0 Å². The zero-order valence-electron chi connectivity index (χ0n) is 20.1. The minimum absolute atomic E-state index is 0.152. The van der Waals surface area contributed by atoms with Gasteiger partial charge in [-0.05, 0) is 58.0 Å². The second kappa shape index (κ2) is 9.14. The molecular formula is C24H33N7O2S. The Hall–Kier alpha value is -2.72. The van der Waals surface area contributed by atoms with Crippen molar-refractivity contribution in [3.8, 4) is 0 Å². The van der Waals surface area contributed by atoms with Crippen LogP contribution in [0.15, 0.2) is 35.6 Å². The molecule has 0 bridgehead atoms. The number of fused-ring (bicyclic) bond motifs is 1.